The molecule has 0 amide bonds. The summed E-state index contributed by atoms with van der Waals surface area (Å²) in [7, 11) is 0. The van der Waals surface area contributed by atoms with Gasteiger partial charge in [0, 0.05) is 22.9 Å². The van der Waals surface area contributed by atoms with Crippen LogP contribution in [0.1, 0.15) is 26.6 Å². The van der Waals surface area contributed by atoms with Crippen molar-refractivity contribution in [1.29, 1.82) is 0 Å². The predicted molar refractivity (Wildman–Crippen MR) is 127 cm³/mol. The third kappa shape index (κ3) is 6.01. The normalized spacial score (nSPS) is 12.0. The van der Waals surface area contributed by atoms with E-state index in [1.165, 1.54) is 11.8 Å². The summed E-state index contributed by atoms with van der Waals surface area (Å²) in [5, 5.41) is 8.86. The first kappa shape index (κ1) is 23.6. The van der Waals surface area contributed by atoms with Crippen molar-refractivity contribution in [2.45, 2.75) is 43.9 Å². The van der Waals surface area contributed by atoms with E-state index in [2.05, 4.69) is 4.98 Å². The number of aliphatic carboxylic acids is 1. The maximum atomic E-state index is 12.7. The van der Waals surface area contributed by atoms with E-state index in [0.29, 0.717) is 31.0 Å². The maximum absolute atomic E-state index is 12.7. The second kappa shape index (κ2) is 11.0. The van der Waals surface area contributed by atoms with E-state index in [1.54, 1.807) is 10.6 Å². The van der Waals surface area contributed by atoms with Crippen molar-refractivity contribution in [3.8, 4) is 17.0 Å². The number of nitrogens with zero attached hydrogens (tertiary/aromatic N) is 2. The van der Waals surface area contributed by atoms with Crippen molar-refractivity contribution in [3.05, 3.63) is 76.8 Å². The van der Waals surface area contributed by atoms with Crippen molar-refractivity contribution in [2.75, 3.05) is 6.61 Å². The fraction of sp³-hybridized carbons (Fsp3) is 0.320. The zero-order valence-corrected chi connectivity index (χ0v) is 19.3. The Morgan fingerprint density at radius 2 is 1.81 bits per heavy atom. The number of aromatic nitrogens is 2. The monoisotopic (exact) mass is 452 g/mol. The van der Waals surface area contributed by atoms with Crippen molar-refractivity contribution in [3.63, 3.8) is 0 Å². The molecule has 6 nitrogen and oxygen atoms in total. The van der Waals surface area contributed by atoms with E-state index >= 15 is 0 Å². The third-order valence-electron chi connectivity index (χ3n) is 4.99. The summed E-state index contributed by atoms with van der Waals surface area (Å²) in [5.74, 6) is 0.613. The summed E-state index contributed by atoms with van der Waals surface area (Å²) in [6.45, 7) is 6.50. The number of benzene rings is 2. The molecule has 0 saturated heterocycles. The number of rotatable bonds is 10. The number of aryl methyl sites for hydroxylation is 1. The molecule has 1 N–H and O–H groups in total. The molecule has 0 aliphatic carbocycles. The molecule has 0 spiro atoms. The average molecular weight is 453 g/mol. The number of hydrogen-bond acceptors (Lipinski definition) is 5. The van der Waals surface area contributed by atoms with Crippen LogP contribution in [0.25, 0.3) is 11.3 Å². The molecule has 7 heteroatoms. The Morgan fingerprint density at radius 3 is 2.41 bits per heavy atom. The summed E-state index contributed by atoms with van der Waals surface area (Å²) < 4.78 is 7.47. The quantitative estimate of drug-likeness (QED) is 0.447. The van der Waals surface area contributed by atoms with Gasteiger partial charge in [0.15, 0.2) is 0 Å². The molecule has 0 aliphatic rings. The van der Waals surface area contributed by atoms with Gasteiger partial charge in [-0.15, -0.1) is 11.8 Å². The van der Waals surface area contributed by atoms with Crippen LogP contribution < -0.4 is 10.3 Å². The van der Waals surface area contributed by atoms with Crippen molar-refractivity contribution >= 4 is 17.7 Å². The summed E-state index contributed by atoms with van der Waals surface area (Å²) in [6.07, 6.45) is 0.641. The highest BCUT2D eigenvalue weighted by atomic mass is 32.2. The van der Waals surface area contributed by atoms with E-state index in [1.807, 2.05) is 75.4 Å². The van der Waals surface area contributed by atoms with Crippen LogP contribution >= 0.6 is 11.8 Å². The first-order valence-corrected chi connectivity index (χ1v) is 11.6. The minimum absolute atomic E-state index is 0.0291. The van der Waals surface area contributed by atoms with E-state index in [9.17, 15) is 14.7 Å². The molecule has 3 aromatic rings. The molecule has 1 heterocycles. The molecule has 1 aromatic heterocycles. The third-order valence-corrected chi connectivity index (χ3v) is 6.54. The number of carbonyl (C=O) groups is 1. The molecule has 0 saturated carbocycles. The lowest BCUT2D eigenvalue weighted by Crippen LogP contribution is -2.27. The lowest BCUT2D eigenvalue weighted by Gasteiger charge is -2.16. The van der Waals surface area contributed by atoms with Gasteiger partial charge in [-0.3, -0.25) is 14.2 Å². The number of hydrogen-bond donors (Lipinski definition) is 1. The Morgan fingerprint density at radius 1 is 1.12 bits per heavy atom. The lowest BCUT2D eigenvalue weighted by atomic mass is 10.1. The van der Waals surface area contributed by atoms with Gasteiger partial charge in [-0.2, -0.15) is 0 Å². The van der Waals surface area contributed by atoms with E-state index < -0.39 is 11.2 Å². The fourth-order valence-corrected chi connectivity index (χ4v) is 4.27. The average Bonchev–Trinajstić information content (AvgIpc) is 2.79. The lowest BCUT2D eigenvalue weighted by molar-refractivity contribution is -0.137. The Hall–Kier alpha value is -3.06. The summed E-state index contributed by atoms with van der Waals surface area (Å²) in [6, 6.07) is 18.6. The largest absolute Gasteiger partial charge is 0.492 e. The molecule has 2 aromatic carbocycles. The zero-order chi connectivity index (χ0) is 23.1. The van der Waals surface area contributed by atoms with Gasteiger partial charge in [0.05, 0.1) is 12.2 Å². The van der Waals surface area contributed by atoms with Crippen LogP contribution in [0.3, 0.4) is 0 Å². The van der Waals surface area contributed by atoms with Crippen molar-refractivity contribution in [2.24, 2.45) is 5.92 Å². The van der Waals surface area contributed by atoms with E-state index in [4.69, 9.17) is 4.74 Å². The van der Waals surface area contributed by atoms with Crippen LogP contribution in [-0.2, 0) is 17.8 Å². The summed E-state index contributed by atoms with van der Waals surface area (Å²) >= 11 is 1.33. The summed E-state index contributed by atoms with van der Waals surface area (Å²) in [4.78, 5) is 29.7. The van der Waals surface area contributed by atoms with Crippen molar-refractivity contribution in [1.82, 2.24) is 9.55 Å². The van der Waals surface area contributed by atoms with Gasteiger partial charge < -0.3 is 9.84 Å². The zero-order valence-electron chi connectivity index (χ0n) is 18.5. The molecule has 168 valence electrons. The van der Waals surface area contributed by atoms with Crippen LogP contribution in [0.2, 0.25) is 0 Å². The minimum Gasteiger partial charge on any atom is -0.492 e. The van der Waals surface area contributed by atoms with Crippen LogP contribution in [0.4, 0.5) is 0 Å². The Labute approximate surface area is 192 Å². The van der Waals surface area contributed by atoms with Gasteiger partial charge in [0.2, 0.25) is 0 Å². The molecule has 0 fully saturated rings. The first-order valence-electron chi connectivity index (χ1n) is 10.7. The van der Waals surface area contributed by atoms with Crippen LogP contribution in [0.15, 0.2) is 70.4 Å². The molecule has 1 unspecified atom stereocenters. The highest BCUT2D eigenvalue weighted by Gasteiger charge is 2.22. The van der Waals surface area contributed by atoms with Gasteiger partial charge in [-0.25, -0.2) is 4.98 Å². The Balaban J connectivity index is 1.64. The van der Waals surface area contributed by atoms with E-state index in [-0.39, 0.29) is 11.5 Å². The van der Waals surface area contributed by atoms with Crippen LogP contribution in [0, 0.1) is 5.92 Å². The minimum atomic E-state index is -0.811. The standard InChI is InChI=1S/C25H28N2O4S/c1-4-22-26-21(18-8-6-5-7-9-18)16-23(28)27(22)14-15-31-19-10-12-20(13-11-19)32-24(17(2)3)25(29)30/h5-13,16-17,24H,4,14-15H2,1-3H3,(H,29,30). The Kier molecular flexibility index (Phi) is 8.11. The molecule has 0 aliphatic heterocycles. The van der Waals surface area contributed by atoms with Gasteiger partial charge in [0.1, 0.15) is 23.4 Å². The summed E-state index contributed by atoms with van der Waals surface area (Å²) in [5.41, 5.74) is 1.50. The molecular weight excluding hydrogens is 424 g/mol. The molecule has 1 atom stereocenters. The van der Waals surface area contributed by atoms with Crippen LogP contribution in [0.5, 0.6) is 5.75 Å². The second-order valence-corrected chi connectivity index (χ2v) is 8.92. The predicted octanol–water partition coefficient (Wildman–Crippen LogP) is 4.75. The van der Waals surface area contributed by atoms with E-state index in [0.717, 1.165) is 16.3 Å². The highest BCUT2D eigenvalue weighted by molar-refractivity contribution is 8.00. The van der Waals surface area contributed by atoms with Crippen molar-refractivity contribution < 1.29 is 14.6 Å². The molecule has 3 rings (SSSR count). The SMILES string of the molecule is CCc1nc(-c2ccccc2)cc(=O)n1CCOc1ccc(SC(C(=O)O)C(C)C)cc1. The first-order chi connectivity index (χ1) is 15.4. The highest BCUT2D eigenvalue weighted by Crippen LogP contribution is 2.29. The number of thioether (sulfide) groups is 1. The topological polar surface area (TPSA) is 81.4 Å². The molecular formula is C25H28N2O4S. The Bertz CT molecular complexity index is 1100. The maximum Gasteiger partial charge on any atom is 0.317 e. The number of carboxylic acid groups (broad SMARTS) is 1. The second-order valence-electron chi connectivity index (χ2n) is 7.71. The van der Waals surface area contributed by atoms with Crippen LogP contribution in [-0.4, -0.2) is 32.5 Å². The number of ether oxygens (including phenoxy) is 1. The number of carboxylic acids is 1. The van der Waals surface area contributed by atoms with Gasteiger partial charge in [0.25, 0.3) is 5.56 Å². The van der Waals surface area contributed by atoms with Gasteiger partial charge in [-0.1, -0.05) is 51.1 Å². The fourth-order valence-electron chi connectivity index (χ4n) is 3.31. The van der Waals surface area contributed by atoms with Gasteiger partial charge >= 0.3 is 5.97 Å². The molecule has 0 radical (unpaired) electrons. The van der Waals surface area contributed by atoms with Gasteiger partial charge in [-0.05, 0) is 30.2 Å². The smallest absolute Gasteiger partial charge is 0.317 e. The molecule has 32 heavy (non-hydrogen) atoms. The molecule has 0 bridgehead atoms.